The van der Waals surface area contributed by atoms with Gasteiger partial charge in [0.1, 0.15) is 0 Å². The highest BCUT2D eigenvalue weighted by atomic mass is 16.4. The number of aliphatic carboxylic acids is 1. The van der Waals surface area contributed by atoms with Gasteiger partial charge in [0.2, 0.25) is 0 Å². The Morgan fingerprint density at radius 3 is 2.21 bits per heavy atom. The van der Waals surface area contributed by atoms with Crippen molar-refractivity contribution >= 4 is 12.0 Å². The predicted octanol–water partition coefficient (Wildman–Crippen LogP) is 1.48. The summed E-state index contributed by atoms with van der Waals surface area (Å²) in [7, 11) is 0. The molecule has 4 N–H and O–H groups in total. The monoisotopic (exact) mass is 274 g/mol. The average Bonchev–Trinajstić information content (AvgIpc) is 2.37. The van der Waals surface area contributed by atoms with Crippen LogP contribution in [0, 0.1) is 0 Å². The van der Waals surface area contributed by atoms with Crippen LogP contribution >= 0.6 is 0 Å². The van der Waals surface area contributed by atoms with Gasteiger partial charge < -0.3 is 20.8 Å². The number of unbranched alkanes of at least 4 members (excludes halogenated alkanes) is 5. The average molecular weight is 274 g/mol. The summed E-state index contributed by atoms with van der Waals surface area (Å²) in [6.07, 6.45) is 5.59. The molecule has 0 aliphatic carbocycles. The van der Waals surface area contributed by atoms with Gasteiger partial charge in [0.25, 0.3) is 0 Å². The Morgan fingerprint density at radius 1 is 1.00 bits per heavy atom. The summed E-state index contributed by atoms with van der Waals surface area (Å²) in [4.78, 5) is 21.6. The first-order valence-corrected chi connectivity index (χ1v) is 7.00. The second-order valence-corrected chi connectivity index (χ2v) is 4.59. The summed E-state index contributed by atoms with van der Waals surface area (Å²) in [6, 6.07) is -0.314. The van der Waals surface area contributed by atoms with Gasteiger partial charge in [0, 0.05) is 19.5 Å². The molecule has 0 aliphatic rings. The summed E-state index contributed by atoms with van der Waals surface area (Å²) in [5.74, 6) is -1.27. The number of carboxylic acids is 1. The molecule has 0 rings (SSSR count). The molecular formula is C13H26N2O4. The second-order valence-electron chi connectivity index (χ2n) is 4.59. The molecule has 0 bridgehead atoms. The molecule has 6 nitrogen and oxygen atoms in total. The Hall–Kier alpha value is -1.30. The first-order valence-electron chi connectivity index (χ1n) is 7.00. The number of rotatable bonds is 11. The maximum Gasteiger partial charge on any atom is 0.332 e. The summed E-state index contributed by atoms with van der Waals surface area (Å²) < 4.78 is 0. The van der Waals surface area contributed by atoms with Crippen molar-refractivity contribution in [2.24, 2.45) is 0 Å². The molecule has 0 fully saturated rings. The standard InChI is InChI=1S/C13H26N2O4/c1-2-3-4-5-6-7-9-14-13(19)15-10-8-11(16)12(17)18/h11,16H,2-10H2,1H3,(H,17,18)(H2,14,15,19). The van der Waals surface area contributed by atoms with Crippen LogP contribution in [0.3, 0.4) is 0 Å². The number of carbonyl (C=O) groups excluding carboxylic acids is 1. The molecule has 1 unspecified atom stereocenters. The molecule has 0 heterocycles. The lowest BCUT2D eigenvalue weighted by atomic mass is 10.1. The van der Waals surface area contributed by atoms with Crippen LogP contribution in [-0.4, -0.2) is 41.4 Å². The number of carbonyl (C=O) groups is 2. The molecule has 19 heavy (non-hydrogen) atoms. The Balaban J connectivity index is 3.33. The van der Waals surface area contributed by atoms with Crippen molar-refractivity contribution in [3.05, 3.63) is 0 Å². The molecule has 0 spiro atoms. The first-order chi connectivity index (χ1) is 9.07. The third kappa shape index (κ3) is 11.5. The minimum absolute atomic E-state index is 0.0137. The largest absolute Gasteiger partial charge is 0.479 e. The number of aliphatic hydroxyl groups is 1. The van der Waals surface area contributed by atoms with Crippen molar-refractivity contribution in [1.29, 1.82) is 0 Å². The van der Waals surface area contributed by atoms with Crippen molar-refractivity contribution in [2.45, 2.75) is 58.0 Å². The highest BCUT2D eigenvalue weighted by Crippen LogP contribution is 2.03. The zero-order valence-electron chi connectivity index (χ0n) is 11.7. The molecule has 0 radical (unpaired) electrons. The summed E-state index contributed by atoms with van der Waals surface area (Å²) in [6.45, 7) is 2.95. The predicted molar refractivity (Wildman–Crippen MR) is 73.0 cm³/mol. The van der Waals surface area contributed by atoms with Crippen molar-refractivity contribution in [3.63, 3.8) is 0 Å². The molecule has 0 saturated carbocycles. The first kappa shape index (κ1) is 17.7. The molecule has 1 atom stereocenters. The van der Waals surface area contributed by atoms with Crippen molar-refractivity contribution < 1.29 is 19.8 Å². The fraction of sp³-hybridized carbons (Fsp3) is 0.846. The maximum absolute atomic E-state index is 11.3. The number of hydrogen-bond acceptors (Lipinski definition) is 3. The summed E-state index contributed by atoms with van der Waals surface area (Å²) in [5, 5.41) is 22.6. The molecular weight excluding hydrogens is 248 g/mol. The highest BCUT2D eigenvalue weighted by molar-refractivity contribution is 5.74. The SMILES string of the molecule is CCCCCCCCNC(=O)NCCC(O)C(=O)O. The van der Waals surface area contributed by atoms with Gasteiger partial charge >= 0.3 is 12.0 Å². The number of carboxylic acid groups (broad SMARTS) is 1. The number of hydrogen-bond donors (Lipinski definition) is 4. The van der Waals surface area contributed by atoms with Gasteiger partial charge in [-0.25, -0.2) is 9.59 Å². The van der Waals surface area contributed by atoms with E-state index in [0.717, 1.165) is 12.8 Å². The Kier molecular flexibility index (Phi) is 11.0. The second kappa shape index (κ2) is 11.8. The molecule has 0 aliphatic heterocycles. The number of nitrogens with one attached hydrogen (secondary N) is 2. The Bertz CT molecular complexity index is 259. The van der Waals surface area contributed by atoms with Crippen molar-refractivity contribution in [3.8, 4) is 0 Å². The lowest BCUT2D eigenvalue weighted by Gasteiger charge is -2.08. The molecule has 112 valence electrons. The lowest BCUT2D eigenvalue weighted by molar-refractivity contribution is -0.146. The number of amides is 2. The summed E-state index contributed by atoms with van der Waals surface area (Å²) >= 11 is 0. The van der Waals surface area contributed by atoms with Crippen LogP contribution in [0.5, 0.6) is 0 Å². The normalized spacial score (nSPS) is 11.9. The highest BCUT2D eigenvalue weighted by Gasteiger charge is 2.12. The van der Waals surface area contributed by atoms with Crippen molar-refractivity contribution in [2.75, 3.05) is 13.1 Å². The van der Waals surface area contributed by atoms with E-state index in [1.807, 2.05) is 0 Å². The fourth-order valence-corrected chi connectivity index (χ4v) is 1.62. The third-order valence-electron chi connectivity index (χ3n) is 2.80. The quantitative estimate of drug-likeness (QED) is 0.429. The van der Waals surface area contributed by atoms with E-state index in [4.69, 9.17) is 10.2 Å². The molecule has 6 heteroatoms. The third-order valence-corrected chi connectivity index (χ3v) is 2.80. The Labute approximate surface area is 114 Å². The van der Waals surface area contributed by atoms with Gasteiger partial charge in [-0.3, -0.25) is 0 Å². The van der Waals surface area contributed by atoms with Gasteiger partial charge in [-0.15, -0.1) is 0 Å². The van der Waals surface area contributed by atoms with Crippen LogP contribution in [-0.2, 0) is 4.79 Å². The summed E-state index contributed by atoms with van der Waals surface area (Å²) in [5.41, 5.74) is 0. The smallest absolute Gasteiger partial charge is 0.332 e. The van der Waals surface area contributed by atoms with Crippen LogP contribution in [0.15, 0.2) is 0 Å². The van der Waals surface area contributed by atoms with Gasteiger partial charge in [-0.05, 0) is 6.42 Å². The Morgan fingerprint density at radius 2 is 1.58 bits per heavy atom. The molecule has 0 saturated heterocycles. The van der Waals surface area contributed by atoms with E-state index >= 15 is 0 Å². The number of urea groups is 1. The topological polar surface area (TPSA) is 98.7 Å². The van der Waals surface area contributed by atoms with Crippen LogP contribution in [0.4, 0.5) is 4.79 Å². The zero-order chi connectivity index (χ0) is 14.5. The lowest BCUT2D eigenvalue weighted by Crippen LogP contribution is -2.38. The van der Waals surface area contributed by atoms with Gasteiger partial charge in [-0.1, -0.05) is 39.0 Å². The van der Waals surface area contributed by atoms with E-state index in [2.05, 4.69) is 17.6 Å². The van der Waals surface area contributed by atoms with E-state index in [1.165, 1.54) is 25.7 Å². The minimum atomic E-state index is -1.42. The van der Waals surface area contributed by atoms with Crippen LogP contribution in [0.1, 0.15) is 51.9 Å². The van der Waals surface area contributed by atoms with Crippen LogP contribution in [0.2, 0.25) is 0 Å². The van der Waals surface area contributed by atoms with Crippen LogP contribution < -0.4 is 10.6 Å². The maximum atomic E-state index is 11.3. The van der Waals surface area contributed by atoms with E-state index in [-0.39, 0.29) is 19.0 Å². The fourth-order valence-electron chi connectivity index (χ4n) is 1.62. The molecule has 0 aromatic rings. The van der Waals surface area contributed by atoms with E-state index in [9.17, 15) is 9.59 Å². The van der Waals surface area contributed by atoms with Gasteiger partial charge in [-0.2, -0.15) is 0 Å². The molecule has 0 aromatic heterocycles. The van der Waals surface area contributed by atoms with Gasteiger partial charge in [0.05, 0.1) is 0 Å². The van der Waals surface area contributed by atoms with E-state index < -0.39 is 12.1 Å². The van der Waals surface area contributed by atoms with Gasteiger partial charge in [0.15, 0.2) is 6.10 Å². The number of aliphatic hydroxyl groups excluding tert-OH is 1. The van der Waals surface area contributed by atoms with Crippen molar-refractivity contribution in [1.82, 2.24) is 10.6 Å². The van der Waals surface area contributed by atoms with E-state index in [1.54, 1.807) is 0 Å². The molecule has 0 aromatic carbocycles. The molecule has 2 amide bonds. The zero-order valence-corrected chi connectivity index (χ0v) is 11.7. The minimum Gasteiger partial charge on any atom is -0.479 e. The van der Waals surface area contributed by atoms with Crippen LogP contribution in [0.25, 0.3) is 0 Å². The van der Waals surface area contributed by atoms with E-state index in [0.29, 0.717) is 6.54 Å².